The third kappa shape index (κ3) is 4.00. The largest absolute Gasteiger partial charge is 0.495 e. The van der Waals surface area contributed by atoms with E-state index in [9.17, 15) is 9.59 Å². The first-order valence-electron chi connectivity index (χ1n) is 12.3. The number of thiophene rings is 1. The molecule has 1 saturated carbocycles. The molecular weight excluding hydrogens is 544 g/mol. The van der Waals surface area contributed by atoms with Crippen LogP contribution in [-0.2, 0) is 11.4 Å². The molecule has 2 fully saturated rings. The molecule has 2 amide bonds. The van der Waals surface area contributed by atoms with Gasteiger partial charge in [0.25, 0.3) is 5.91 Å². The van der Waals surface area contributed by atoms with E-state index < -0.39 is 0 Å². The van der Waals surface area contributed by atoms with E-state index in [1.54, 1.807) is 18.4 Å². The molecule has 1 saturated heterocycles. The number of carbonyl (C=O) groups is 2. The molecule has 188 valence electrons. The standard InChI is InChI=1S/C26H27BrN4O4S/c1-34-21-14-20-17(13-19(21)27)24-18(15-35-20)23(28-31(24)22-7-3-12-36-22)26(33)30-9-4-8-29(10-11-30)25(32)16-5-2-6-16/h3,7,12-14,16H,2,4-6,8-11,15H2,1H3. The molecule has 2 aliphatic heterocycles. The monoisotopic (exact) mass is 570 g/mol. The van der Waals surface area contributed by atoms with Gasteiger partial charge in [-0.25, -0.2) is 4.68 Å². The topological polar surface area (TPSA) is 76.9 Å². The Bertz CT molecular complexity index is 1320. The lowest BCUT2D eigenvalue weighted by Gasteiger charge is -2.31. The summed E-state index contributed by atoms with van der Waals surface area (Å²) in [6.07, 6.45) is 3.90. The highest BCUT2D eigenvalue weighted by molar-refractivity contribution is 9.10. The number of halogens is 1. The Kier molecular flexibility index (Phi) is 6.25. The van der Waals surface area contributed by atoms with Crippen molar-refractivity contribution in [3.8, 4) is 27.8 Å². The number of hydrogen-bond donors (Lipinski definition) is 0. The highest BCUT2D eigenvalue weighted by Gasteiger charge is 2.35. The van der Waals surface area contributed by atoms with E-state index in [0.29, 0.717) is 43.4 Å². The minimum absolute atomic E-state index is 0.112. The third-order valence-corrected chi connectivity index (χ3v) is 8.79. The summed E-state index contributed by atoms with van der Waals surface area (Å²) < 4.78 is 14.2. The van der Waals surface area contributed by atoms with E-state index in [0.717, 1.165) is 52.0 Å². The van der Waals surface area contributed by atoms with Gasteiger partial charge in [0.05, 0.1) is 17.3 Å². The van der Waals surface area contributed by atoms with E-state index in [4.69, 9.17) is 14.6 Å². The van der Waals surface area contributed by atoms with Gasteiger partial charge in [0.2, 0.25) is 5.91 Å². The maximum atomic E-state index is 13.8. The van der Waals surface area contributed by atoms with E-state index in [1.807, 2.05) is 44.1 Å². The van der Waals surface area contributed by atoms with Gasteiger partial charge in [-0.2, -0.15) is 5.10 Å². The molecule has 36 heavy (non-hydrogen) atoms. The number of ether oxygens (including phenoxy) is 2. The van der Waals surface area contributed by atoms with Gasteiger partial charge >= 0.3 is 0 Å². The van der Waals surface area contributed by atoms with Crippen molar-refractivity contribution in [2.75, 3.05) is 33.3 Å². The number of rotatable bonds is 4. The average Bonchev–Trinajstić information content (AvgIpc) is 3.44. The molecule has 8 nitrogen and oxygen atoms in total. The Labute approximate surface area is 221 Å². The first-order chi connectivity index (χ1) is 17.5. The zero-order valence-electron chi connectivity index (χ0n) is 20.0. The van der Waals surface area contributed by atoms with Crippen molar-refractivity contribution >= 4 is 39.1 Å². The molecule has 3 aromatic rings. The molecule has 0 unspecified atom stereocenters. The van der Waals surface area contributed by atoms with Gasteiger partial charge in [-0.05, 0) is 58.8 Å². The summed E-state index contributed by atoms with van der Waals surface area (Å²) in [5.41, 5.74) is 2.92. The van der Waals surface area contributed by atoms with Gasteiger partial charge in [0.1, 0.15) is 23.1 Å². The molecule has 0 spiro atoms. The van der Waals surface area contributed by atoms with Crippen molar-refractivity contribution in [1.29, 1.82) is 0 Å². The van der Waals surface area contributed by atoms with Gasteiger partial charge in [-0.15, -0.1) is 11.3 Å². The van der Waals surface area contributed by atoms with Crippen LogP contribution in [-0.4, -0.2) is 64.7 Å². The molecule has 0 radical (unpaired) electrons. The predicted octanol–water partition coefficient (Wildman–Crippen LogP) is 4.74. The number of amides is 2. The van der Waals surface area contributed by atoms with E-state index in [-0.39, 0.29) is 24.3 Å². The highest BCUT2D eigenvalue weighted by atomic mass is 79.9. The summed E-state index contributed by atoms with van der Waals surface area (Å²) in [5, 5.41) is 7.77. The molecule has 4 heterocycles. The molecule has 3 aliphatic rings. The lowest BCUT2D eigenvalue weighted by molar-refractivity contribution is -0.138. The minimum atomic E-state index is -0.112. The van der Waals surface area contributed by atoms with Gasteiger partial charge < -0.3 is 19.3 Å². The number of aromatic nitrogens is 2. The summed E-state index contributed by atoms with van der Waals surface area (Å²) in [6.45, 7) is 2.64. The van der Waals surface area contributed by atoms with Crippen molar-refractivity contribution in [2.45, 2.75) is 32.3 Å². The Morgan fingerprint density at radius 3 is 2.67 bits per heavy atom. The fourth-order valence-electron chi connectivity index (χ4n) is 5.14. The first kappa shape index (κ1) is 23.5. The number of benzene rings is 1. The summed E-state index contributed by atoms with van der Waals surface area (Å²) in [7, 11) is 1.62. The molecule has 0 bridgehead atoms. The van der Waals surface area contributed by atoms with Crippen molar-refractivity contribution in [3.05, 3.63) is 45.4 Å². The van der Waals surface area contributed by atoms with Gasteiger partial charge in [-0.1, -0.05) is 6.42 Å². The molecule has 10 heteroatoms. The Morgan fingerprint density at radius 2 is 1.94 bits per heavy atom. The van der Waals surface area contributed by atoms with Crippen molar-refractivity contribution in [1.82, 2.24) is 19.6 Å². The van der Waals surface area contributed by atoms with Crippen LogP contribution in [0.1, 0.15) is 41.7 Å². The molecule has 2 aromatic heterocycles. The van der Waals surface area contributed by atoms with Crippen LogP contribution in [0.25, 0.3) is 16.3 Å². The van der Waals surface area contributed by atoms with E-state index in [2.05, 4.69) is 15.9 Å². The van der Waals surface area contributed by atoms with Gasteiger partial charge in [-0.3, -0.25) is 9.59 Å². The van der Waals surface area contributed by atoms with Crippen molar-refractivity contribution in [3.63, 3.8) is 0 Å². The van der Waals surface area contributed by atoms with Crippen LogP contribution in [0.3, 0.4) is 0 Å². The summed E-state index contributed by atoms with van der Waals surface area (Å²) in [4.78, 5) is 30.4. The Balaban J connectivity index is 1.34. The summed E-state index contributed by atoms with van der Waals surface area (Å²) >= 11 is 5.16. The molecule has 6 rings (SSSR count). The normalized spacial score (nSPS) is 17.5. The summed E-state index contributed by atoms with van der Waals surface area (Å²) in [6, 6.07) is 7.79. The maximum absolute atomic E-state index is 13.8. The predicted molar refractivity (Wildman–Crippen MR) is 140 cm³/mol. The number of nitrogens with zero attached hydrogens (tertiary/aromatic N) is 4. The third-order valence-electron chi connectivity index (χ3n) is 7.33. The fourth-order valence-corrected chi connectivity index (χ4v) is 6.33. The highest BCUT2D eigenvalue weighted by Crippen LogP contribution is 2.45. The number of hydrogen-bond acceptors (Lipinski definition) is 6. The first-order valence-corrected chi connectivity index (χ1v) is 14.0. The van der Waals surface area contributed by atoms with Crippen LogP contribution in [0.4, 0.5) is 0 Å². The molecule has 0 N–H and O–H groups in total. The van der Waals surface area contributed by atoms with Crippen LogP contribution in [0.5, 0.6) is 11.5 Å². The smallest absolute Gasteiger partial charge is 0.274 e. The lowest BCUT2D eigenvalue weighted by Crippen LogP contribution is -2.41. The Morgan fingerprint density at radius 1 is 1.14 bits per heavy atom. The quantitative estimate of drug-likeness (QED) is 0.453. The molecule has 0 atom stereocenters. The summed E-state index contributed by atoms with van der Waals surface area (Å²) in [5.74, 6) is 1.69. The number of methoxy groups -OCH3 is 1. The van der Waals surface area contributed by atoms with Crippen LogP contribution in [0.2, 0.25) is 0 Å². The molecule has 1 aliphatic carbocycles. The fraction of sp³-hybridized carbons (Fsp3) is 0.423. The van der Waals surface area contributed by atoms with Crippen molar-refractivity contribution in [2.24, 2.45) is 5.92 Å². The van der Waals surface area contributed by atoms with Crippen LogP contribution >= 0.6 is 27.3 Å². The zero-order chi connectivity index (χ0) is 24.8. The maximum Gasteiger partial charge on any atom is 0.274 e. The van der Waals surface area contributed by atoms with Crippen molar-refractivity contribution < 1.29 is 19.1 Å². The molecular formula is C26H27BrN4O4S. The van der Waals surface area contributed by atoms with Crippen LogP contribution in [0, 0.1) is 5.92 Å². The molecule has 1 aromatic carbocycles. The van der Waals surface area contributed by atoms with Gasteiger partial charge in [0, 0.05) is 49.3 Å². The lowest BCUT2D eigenvalue weighted by atomic mass is 9.84. The zero-order valence-corrected chi connectivity index (χ0v) is 22.4. The second-order valence-corrected chi connectivity index (χ2v) is 11.2. The second-order valence-electron chi connectivity index (χ2n) is 9.41. The van der Waals surface area contributed by atoms with Crippen LogP contribution in [0.15, 0.2) is 34.1 Å². The number of fused-ring (bicyclic) bond motifs is 3. The van der Waals surface area contributed by atoms with Crippen LogP contribution < -0.4 is 9.47 Å². The minimum Gasteiger partial charge on any atom is -0.495 e. The second kappa shape index (κ2) is 9.55. The van der Waals surface area contributed by atoms with E-state index in [1.165, 1.54) is 0 Å². The SMILES string of the molecule is COc1cc2c(cc1Br)-c1c(c(C(=O)N3CCCN(C(=O)C4CCC4)CC3)nn1-c1cccs1)CO2. The Hall–Kier alpha value is -2.85. The van der Waals surface area contributed by atoms with E-state index >= 15 is 0 Å². The number of carbonyl (C=O) groups excluding carboxylic acids is 2. The average molecular weight is 571 g/mol. The van der Waals surface area contributed by atoms with Gasteiger partial charge in [0.15, 0.2) is 5.69 Å².